The van der Waals surface area contributed by atoms with Gasteiger partial charge in [-0.15, -0.1) is 0 Å². The highest BCUT2D eigenvalue weighted by atomic mass is 19.1. The van der Waals surface area contributed by atoms with Crippen molar-refractivity contribution in [2.24, 2.45) is 5.41 Å². The maximum Gasteiger partial charge on any atom is 0.131 e. The van der Waals surface area contributed by atoms with E-state index in [0.29, 0.717) is 0 Å². The van der Waals surface area contributed by atoms with Crippen LogP contribution in [0.1, 0.15) is 25.7 Å². The zero-order valence-corrected chi connectivity index (χ0v) is 10.5. The van der Waals surface area contributed by atoms with Crippen molar-refractivity contribution in [1.29, 1.82) is 0 Å². The van der Waals surface area contributed by atoms with Crippen molar-refractivity contribution in [3.63, 3.8) is 0 Å². The van der Waals surface area contributed by atoms with Gasteiger partial charge in [0.25, 0.3) is 0 Å². The first-order valence-corrected chi connectivity index (χ1v) is 6.10. The van der Waals surface area contributed by atoms with E-state index in [-0.39, 0.29) is 17.3 Å². The molecule has 4 heteroatoms. The molecule has 18 heavy (non-hydrogen) atoms. The largest absolute Gasteiger partial charge is 0.306 e. The van der Waals surface area contributed by atoms with Crippen molar-refractivity contribution in [3.05, 3.63) is 48.3 Å². The van der Waals surface area contributed by atoms with Crippen molar-refractivity contribution in [3.8, 4) is 5.69 Å². The fraction of sp³-hybridized carbons (Fsp3) is 0.357. The van der Waals surface area contributed by atoms with E-state index < -0.39 is 0 Å². The number of halogens is 1. The van der Waals surface area contributed by atoms with Gasteiger partial charge >= 0.3 is 0 Å². The summed E-state index contributed by atoms with van der Waals surface area (Å²) in [5.41, 5.74) is 1.15. The number of benzene rings is 1. The SMILES string of the molecule is CC1(C)CNC1c1nccn1-c1ccc(F)cc1. The molecule has 0 aliphatic carbocycles. The molecule has 1 atom stereocenters. The molecule has 1 aromatic heterocycles. The Morgan fingerprint density at radius 2 is 2.06 bits per heavy atom. The lowest BCUT2D eigenvalue weighted by Gasteiger charge is -2.45. The van der Waals surface area contributed by atoms with Crippen LogP contribution in [0.15, 0.2) is 36.7 Å². The van der Waals surface area contributed by atoms with Gasteiger partial charge in [0.2, 0.25) is 0 Å². The Hall–Kier alpha value is -1.68. The Bertz CT molecular complexity index is 557. The van der Waals surface area contributed by atoms with E-state index in [0.717, 1.165) is 18.1 Å². The van der Waals surface area contributed by atoms with Gasteiger partial charge in [-0.3, -0.25) is 0 Å². The average Bonchev–Trinajstić information content (AvgIpc) is 2.77. The molecule has 0 bridgehead atoms. The van der Waals surface area contributed by atoms with Crippen LogP contribution in [0.25, 0.3) is 5.69 Å². The molecular weight excluding hydrogens is 229 g/mol. The van der Waals surface area contributed by atoms with Crippen molar-refractivity contribution in [2.75, 3.05) is 6.54 Å². The number of hydrogen-bond donors (Lipinski definition) is 1. The average molecular weight is 245 g/mol. The normalized spacial score (nSPS) is 21.6. The topological polar surface area (TPSA) is 29.9 Å². The lowest BCUT2D eigenvalue weighted by molar-refractivity contribution is 0.119. The zero-order valence-electron chi connectivity index (χ0n) is 10.5. The summed E-state index contributed by atoms with van der Waals surface area (Å²) in [6.45, 7) is 5.43. The van der Waals surface area contributed by atoms with E-state index in [9.17, 15) is 4.39 Å². The monoisotopic (exact) mass is 245 g/mol. The third-order valence-corrected chi connectivity index (χ3v) is 3.58. The molecule has 94 valence electrons. The van der Waals surface area contributed by atoms with E-state index in [4.69, 9.17) is 0 Å². The summed E-state index contributed by atoms with van der Waals surface area (Å²) in [6, 6.07) is 6.73. The first kappa shape index (κ1) is 11.4. The third-order valence-electron chi connectivity index (χ3n) is 3.58. The highest BCUT2D eigenvalue weighted by molar-refractivity contribution is 5.34. The summed E-state index contributed by atoms with van der Waals surface area (Å²) in [5, 5.41) is 3.40. The number of rotatable bonds is 2. The van der Waals surface area contributed by atoms with Crippen LogP contribution in [0.5, 0.6) is 0 Å². The second-order valence-corrected chi connectivity index (χ2v) is 5.43. The predicted molar refractivity (Wildman–Crippen MR) is 68.0 cm³/mol. The third kappa shape index (κ3) is 1.73. The van der Waals surface area contributed by atoms with Crippen LogP contribution < -0.4 is 5.32 Å². The molecule has 1 aromatic carbocycles. The van der Waals surface area contributed by atoms with Crippen LogP contribution in [-0.2, 0) is 0 Å². The fourth-order valence-corrected chi connectivity index (χ4v) is 2.40. The smallest absolute Gasteiger partial charge is 0.131 e. The Balaban J connectivity index is 1.99. The van der Waals surface area contributed by atoms with Gasteiger partial charge in [0.05, 0.1) is 6.04 Å². The van der Waals surface area contributed by atoms with Gasteiger partial charge < -0.3 is 9.88 Å². The van der Waals surface area contributed by atoms with Crippen molar-refractivity contribution < 1.29 is 4.39 Å². The Morgan fingerprint density at radius 3 is 2.61 bits per heavy atom. The predicted octanol–water partition coefficient (Wildman–Crippen LogP) is 2.68. The highest BCUT2D eigenvalue weighted by Crippen LogP contribution is 2.39. The molecule has 1 fully saturated rings. The van der Waals surface area contributed by atoms with Crippen molar-refractivity contribution >= 4 is 0 Å². The summed E-state index contributed by atoms with van der Waals surface area (Å²) in [7, 11) is 0. The van der Waals surface area contributed by atoms with E-state index in [1.54, 1.807) is 18.3 Å². The molecule has 0 spiro atoms. The van der Waals surface area contributed by atoms with E-state index >= 15 is 0 Å². The number of imidazole rings is 1. The minimum Gasteiger partial charge on any atom is -0.306 e. The summed E-state index contributed by atoms with van der Waals surface area (Å²) < 4.78 is 15.0. The molecule has 0 amide bonds. The molecule has 0 saturated carbocycles. The number of hydrogen-bond acceptors (Lipinski definition) is 2. The quantitative estimate of drug-likeness (QED) is 0.881. The number of aromatic nitrogens is 2. The van der Waals surface area contributed by atoms with Crippen LogP contribution in [0.4, 0.5) is 4.39 Å². The molecule has 2 aromatic rings. The highest BCUT2D eigenvalue weighted by Gasteiger charge is 2.41. The number of nitrogens with one attached hydrogen (secondary N) is 1. The van der Waals surface area contributed by atoms with Gasteiger partial charge in [-0.25, -0.2) is 9.37 Å². The van der Waals surface area contributed by atoms with E-state index in [1.165, 1.54) is 12.1 Å². The van der Waals surface area contributed by atoms with Gasteiger partial charge in [-0.2, -0.15) is 0 Å². The second-order valence-electron chi connectivity index (χ2n) is 5.43. The minimum absolute atomic E-state index is 0.211. The molecule has 0 radical (unpaired) electrons. The van der Waals surface area contributed by atoms with Crippen molar-refractivity contribution in [2.45, 2.75) is 19.9 Å². The molecule has 1 unspecified atom stereocenters. The first-order valence-electron chi connectivity index (χ1n) is 6.10. The van der Waals surface area contributed by atoms with E-state index in [1.807, 2.05) is 10.8 Å². The lowest BCUT2D eigenvalue weighted by atomic mass is 9.77. The van der Waals surface area contributed by atoms with Crippen LogP contribution in [0, 0.1) is 11.2 Å². The van der Waals surface area contributed by atoms with Gasteiger partial charge in [-0.1, -0.05) is 13.8 Å². The summed E-state index contributed by atoms with van der Waals surface area (Å²) in [4.78, 5) is 4.44. The first-order chi connectivity index (χ1) is 8.58. The molecule has 2 heterocycles. The summed E-state index contributed by atoms with van der Waals surface area (Å²) >= 11 is 0. The second kappa shape index (κ2) is 3.92. The van der Waals surface area contributed by atoms with Crippen LogP contribution in [0.3, 0.4) is 0 Å². The molecule has 1 aliphatic rings. The van der Waals surface area contributed by atoms with Crippen LogP contribution >= 0.6 is 0 Å². The fourth-order valence-electron chi connectivity index (χ4n) is 2.40. The maximum atomic E-state index is 13.0. The Kier molecular flexibility index (Phi) is 2.48. The Labute approximate surface area is 106 Å². The molecular formula is C14H16FN3. The van der Waals surface area contributed by atoms with E-state index in [2.05, 4.69) is 24.1 Å². The number of nitrogens with zero attached hydrogens (tertiary/aromatic N) is 2. The summed E-state index contributed by atoms with van der Waals surface area (Å²) in [6.07, 6.45) is 3.70. The van der Waals surface area contributed by atoms with Gasteiger partial charge in [0.15, 0.2) is 0 Å². The van der Waals surface area contributed by atoms with Crippen LogP contribution in [-0.4, -0.2) is 16.1 Å². The lowest BCUT2D eigenvalue weighted by Crippen LogP contribution is -2.53. The molecule has 3 rings (SSSR count). The minimum atomic E-state index is -0.220. The standard InChI is InChI=1S/C14H16FN3/c1-14(2)9-17-12(14)13-16-7-8-18(13)11-5-3-10(15)4-6-11/h3-8,12,17H,9H2,1-2H3. The van der Waals surface area contributed by atoms with Crippen LogP contribution in [0.2, 0.25) is 0 Å². The van der Waals surface area contributed by atoms with Gasteiger partial charge in [0.1, 0.15) is 11.6 Å². The van der Waals surface area contributed by atoms with Gasteiger partial charge in [0, 0.05) is 24.6 Å². The Morgan fingerprint density at radius 1 is 1.33 bits per heavy atom. The molecule has 1 aliphatic heterocycles. The van der Waals surface area contributed by atoms with Gasteiger partial charge in [-0.05, 0) is 29.7 Å². The summed E-state index contributed by atoms with van der Waals surface area (Å²) in [5.74, 6) is 0.764. The molecule has 3 nitrogen and oxygen atoms in total. The molecule has 1 saturated heterocycles. The van der Waals surface area contributed by atoms with Crippen molar-refractivity contribution in [1.82, 2.24) is 14.9 Å². The zero-order chi connectivity index (χ0) is 12.8. The maximum absolute atomic E-state index is 13.0. The molecule has 1 N–H and O–H groups in total.